The van der Waals surface area contributed by atoms with E-state index in [-0.39, 0.29) is 0 Å². The van der Waals surface area contributed by atoms with Crippen LogP contribution in [0.2, 0.25) is 0 Å². The molecule has 4 heterocycles. The summed E-state index contributed by atoms with van der Waals surface area (Å²) in [6.07, 6.45) is 5.23. The Morgan fingerprint density at radius 2 is 1.85 bits per heavy atom. The second kappa shape index (κ2) is 3.99. The summed E-state index contributed by atoms with van der Waals surface area (Å²) in [6.45, 7) is 3.62. The van der Waals surface area contributed by atoms with Crippen molar-refractivity contribution in [2.45, 2.75) is 13.0 Å². The van der Waals surface area contributed by atoms with Crippen LogP contribution in [0.25, 0.3) is 11.0 Å². The quantitative estimate of drug-likeness (QED) is 0.667. The minimum atomic E-state index is 0.312. The fourth-order valence-electron chi connectivity index (χ4n) is 2.54. The van der Waals surface area contributed by atoms with Crippen LogP contribution >= 0.6 is 0 Å². The van der Waals surface area contributed by atoms with E-state index in [0.29, 0.717) is 6.04 Å². The van der Waals surface area contributed by atoms with Gasteiger partial charge in [0.2, 0.25) is 0 Å². The highest BCUT2D eigenvalue weighted by atomic mass is 15.5. The Morgan fingerprint density at radius 1 is 1.10 bits per heavy atom. The molecule has 0 unspecified atom stereocenters. The topological polar surface area (TPSA) is 77.5 Å². The summed E-state index contributed by atoms with van der Waals surface area (Å²) in [5, 5.41) is 13.6. The third-order valence-corrected chi connectivity index (χ3v) is 3.61. The van der Waals surface area contributed by atoms with Gasteiger partial charge in [-0.1, -0.05) is 0 Å². The molecule has 3 aromatic heterocycles. The van der Waals surface area contributed by atoms with Gasteiger partial charge in [-0.2, -0.15) is 20.1 Å². The van der Waals surface area contributed by atoms with Gasteiger partial charge >= 0.3 is 0 Å². The van der Waals surface area contributed by atoms with Crippen LogP contribution in [0.5, 0.6) is 0 Å². The fraction of sp³-hybridized carbons (Fsp3) is 0.417. The van der Waals surface area contributed by atoms with Crippen molar-refractivity contribution in [2.24, 2.45) is 7.05 Å². The van der Waals surface area contributed by atoms with Crippen molar-refractivity contribution < 1.29 is 0 Å². The molecule has 1 aliphatic rings. The van der Waals surface area contributed by atoms with Crippen LogP contribution in [0.1, 0.15) is 11.9 Å². The Morgan fingerprint density at radius 3 is 2.60 bits per heavy atom. The lowest BCUT2D eigenvalue weighted by Crippen LogP contribution is -2.49. The fourth-order valence-corrected chi connectivity index (χ4v) is 2.54. The highest BCUT2D eigenvalue weighted by Gasteiger charge is 2.32. The van der Waals surface area contributed by atoms with Gasteiger partial charge in [0.05, 0.1) is 24.0 Å². The molecule has 1 aliphatic heterocycles. The normalized spacial score (nSPS) is 15.8. The van der Waals surface area contributed by atoms with Gasteiger partial charge < -0.3 is 4.90 Å². The molecule has 20 heavy (non-hydrogen) atoms. The molecule has 0 amide bonds. The molecule has 8 heteroatoms. The first-order valence-electron chi connectivity index (χ1n) is 6.49. The molecule has 0 spiro atoms. The smallest absolute Gasteiger partial charge is 0.163 e. The molecule has 102 valence electrons. The van der Waals surface area contributed by atoms with Crippen LogP contribution in [0, 0.1) is 6.92 Å². The number of fused-ring (bicyclic) bond motifs is 1. The van der Waals surface area contributed by atoms with Gasteiger partial charge in [0.15, 0.2) is 5.65 Å². The lowest BCUT2D eigenvalue weighted by atomic mass is 10.1. The average molecular weight is 270 g/mol. The van der Waals surface area contributed by atoms with Gasteiger partial charge in [-0.25, -0.2) is 9.97 Å². The molecule has 0 N–H and O–H groups in total. The molecule has 0 aromatic carbocycles. The van der Waals surface area contributed by atoms with Gasteiger partial charge in [0.1, 0.15) is 17.7 Å². The second-order valence-electron chi connectivity index (χ2n) is 5.01. The van der Waals surface area contributed by atoms with Gasteiger partial charge in [0.25, 0.3) is 0 Å². The Labute approximate surface area is 115 Å². The molecule has 0 aliphatic carbocycles. The highest BCUT2D eigenvalue weighted by Crippen LogP contribution is 2.30. The summed E-state index contributed by atoms with van der Waals surface area (Å²) in [5.41, 5.74) is 0.869. The predicted octanol–water partition coefficient (Wildman–Crippen LogP) is 0.325. The average Bonchev–Trinajstić information content (AvgIpc) is 2.99. The maximum absolute atomic E-state index is 4.56. The molecule has 3 aromatic rings. The van der Waals surface area contributed by atoms with Crippen LogP contribution in [-0.2, 0) is 7.05 Å². The van der Waals surface area contributed by atoms with E-state index in [4.69, 9.17) is 0 Å². The molecule has 0 bridgehead atoms. The standard InChI is InChI=1S/C12H14N8/c1-8-16-11-10(5-15-18(11)2)12(17-8)19-6-9(7-19)20-13-3-4-14-20/h3-5,9H,6-7H2,1-2H3. The highest BCUT2D eigenvalue weighted by molar-refractivity contribution is 5.87. The minimum absolute atomic E-state index is 0.312. The van der Waals surface area contributed by atoms with Crippen molar-refractivity contribution in [2.75, 3.05) is 18.0 Å². The van der Waals surface area contributed by atoms with Gasteiger partial charge in [-0.3, -0.25) is 4.68 Å². The zero-order valence-electron chi connectivity index (χ0n) is 11.3. The van der Waals surface area contributed by atoms with E-state index in [9.17, 15) is 0 Å². The van der Waals surface area contributed by atoms with E-state index in [1.54, 1.807) is 21.9 Å². The molecule has 4 rings (SSSR count). The Kier molecular flexibility index (Phi) is 2.26. The third-order valence-electron chi connectivity index (χ3n) is 3.61. The summed E-state index contributed by atoms with van der Waals surface area (Å²) < 4.78 is 1.78. The Balaban J connectivity index is 1.67. The number of aromatic nitrogens is 7. The second-order valence-corrected chi connectivity index (χ2v) is 5.01. The van der Waals surface area contributed by atoms with Crippen molar-refractivity contribution in [1.29, 1.82) is 0 Å². The van der Waals surface area contributed by atoms with Crippen LogP contribution in [-0.4, -0.2) is 47.8 Å². The van der Waals surface area contributed by atoms with Gasteiger partial charge in [-0.05, 0) is 6.92 Å². The number of rotatable bonds is 2. The molecule has 0 saturated carbocycles. The minimum Gasteiger partial charge on any atom is -0.351 e. The molecule has 8 nitrogen and oxygen atoms in total. The summed E-state index contributed by atoms with van der Waals surface area (Å²) in [6, 6.07) is 0.312. The summed E-state index contributed by atoms with van der Waals surface area (Å²) >= 11 is 0. The summed E-state index contributed by atoms with van der Waals surface area (Å²) in [4.78, 5) is 13.0. The first-order chi connectivity index (χ1) is 9.72. The lowest BCUT2D eigenvalue weighted by Gasteiger charge is -2.39. The number of hydrogen-bond acceptors (Lipinski definition) is 6. The van der Waals surface area contributed by atoms with E-state index in [1.807, 2.05) is 20.2 Å². The van der Waals surface area contributed by atoms with E-state index in [2.05, 4.69) is 30.2 Å². The molecule has 1 fully saturated rings. The van der Waals surface area contributed by atoms with Crippen molar-refractivity contribution >= 4 is 16.9 Å². The molecule has 0 radical (unpaired) electrons. The zero-order chi connectivity index (χ0) is 13.7. The van der Waals surface area contributed by atoms with E-state index in [0.717, 1.165) is 35.8 Å². The van der Waals surface area contributed by atoms with Crippen molar-refractivity contribution in [3.8, 4) is 0 Å². The van der Waals surface area contributed by atoms with Crippen molar-refractivity contribution in [3.63, 3.8) is 0 Å². The molecular weight excluding hydrogens is 256 g/mol. The van der Waals surface area contributed by atoms with Crippen LogP contribution in [0.15, 0.2) is 18.6 Å². The number of hydrogen-bond donors (Lipinski definition) is 0. The monoisotopic (exact) mass is 270 g/mol. The van der Waals surface area contributed by atoms with Crippen LogP contribution < -0.4 is 4.90 Å². The first-order valence-corrected chi connectivity index (χ1v) is 6.49. The maximum Gasteiger partial charge on any atom is 0.163 e. The van der Waals surface area contributed by atoms with Crippen LogP contribution in [0.3, 0.4) is 0 Å². The van der Waals surface area contributed by atoms with Gasteiger partial charge in [-0.15, -0.1) is 0 Å². The number of aryl methyl sites for hydroxylation is 2. The maximum atomic E-state index is 4.56. The lowest BCUT2D eigenvalue weighted by molar-refractivity contribution is 0.331. The first kappa shape index (κ1) is 11.3. The summed E-state index contributed by atoms with van der Waals surface area (Å²) in [5.74, 6) is 1.71. The van der Waals surface area contributed by atoms with Gasteiger partial charge in [0, 0.05) is 20.1 Å². The largest absolute Gasteiger partial charge is 0.351 e. The molecule has 1 saturated heterocycles. The molecular formula is C12H14N8. The SMILES string of the molecule is Cc1nc(N2CC(n3nccn3)C2)c2cnn(C)c2n1. The predicted molar refractivity (Wildman–Crippen MR) is 72.3 cm³/mol. The Bertz CT molecular complexity index is 753. The summed E-state index contributed by atoms with van der Waals surface area (Å²) in [7, 11) is 1.89. The Hall–Kier alpha value is -2.51. The zero-order valence-corrected chi connectivity index (χ0v) is 11.3. The van der Waals surface area contributed by atoms with E-state index >= 15 is 0 Å². The van der Waals surface area contributed by atoms with Crippen LogP contribution in [0.4, 0.5) is 5.82 Å². The van der Waals surface area contributed by atoms with E-state index < -0.39 is 0 Å². The van der Waals surface area contributed by atoms with Crippen molar-refractivity contribution in [3.05, 3.63) is 24.4 Å². The number of anilines is 1. The number of nitrogens with zero attached hydrogens (tertiary/aromatic N) is 8. The third kappa shape index (κ3) is 1.57. The molecule has 0 atom stereocenters. The van der Waals surface area contributed by atoms with E-state index in [1.165, 1.54) is 0 Å². The van der Waals surface area contributed by atoms with Crippen molar-refractivity contribution in [1.82, 2.24) is 34.7 Å².